The van der Waals surface area contributed by atoms with Gasteiger partial charge >= 0.3 is 0 Å². The van der Waals surface area contributed by atoms with Crippen molar-refractivity contribution in [2.75, 3.05) is 0 Å². The van der Waals surface area contributed by atoms with E-state index in [0.717, 1.165) is 0 Å². The van der Waals surface area contributed by atoms with Crippen LogP contribution in [0.2, 0.25) is 0 Å². The topological polar surface area (TPSA) is 63.4 Å². The number of aromatic nitrogens is 3. The molecule has 0 aliphatic carbocycles. The Balaban J connectivity index is 1.68. The van der Waals surface area contributed by atoms with Crippen LogP contribution in [0.25, 0.3) is 0 Å². The average Bonchev–Trinajstić information content (AvgIpc) is 3.32. The van der Waals surface area contributed by atoms with Gasteiger partial charge in [0.1, 0.15) is 12.4 Å². The number of amides is 1. The summed E-state index contributed by atoms with van der Waals surface area (Å²) in [5.74, 6) is -0.586. The van der Waals surface area contributed by atoms with Gasteiger partial charge in [-0.3, -0.25) is 9.78 Å². The monoisotopic (exact) mass is 349 g/mol. The van der Waals surface area contributed by atoms with Gasteiger partial charge in [0.05, 0.1) is 23.8 Å². The summed E-state index contributed by atoms with van der Waals surface area (Å²) in [4.78, 5) is 21.1. The molecular weight excluding hydrogens is 333 g/mol. The molecule has 1 amide bonds. The second-order valence-electron chi connectivity index (χ2n) is 5.98. The third kappa shape index (κ3) is 3.11. The highest BCUT2D eigenvalue weighted by Gasteiger charge is 2.34. The molecule has 0 fully saturated rings. The van der Waals surface area contributed by atoms with Gasteiger partial charge in [-0.25, -0.2) is 14.4 Å². The summed E-state index contributed by atoms with van der Waals surface area (Å²) >= 11 is 0. The van der Waals surface area contributed by atoms with E-state index in [9.17, 15) is 9.18 Å². The lowest BCUT2D eigenvalue weighted by atomic mass is 10.00. The molecule has 1 atom stereocenters. The zero-order valence-electron chi connectivity index (χ0n) is 13.9. The Kier molecular flexibility index (Phi) is 4.27. The molecule has 26 heavy (non-hydrogen) atoms. The van der Waals surface area contributed by atoms with Crippen molar-refractivity contribution in [2.45, 2.75) is 19.0 Å². The molecule has 1 unspecified atom stereocenters. The normalized spacial score (nSPS) is 16.6. The van der Waals surface area contributed by atoms with E-state index < -0.39 is 6.04 Å². The van der Waals surface area contributed by atoms with Gasteiger partial charge in [-0.15, -0.1) is 0 Å². The predicted octanol–water partition coefficient (Wildman–Crippen LogP) is 2.80. The summed E-state index contributed by atoms with van der Waals surface area (Å²) in [5.41, 5.74) is 1.80. The molecule has 3 aromatic rings. The number of hydrazone groups is 1. The maximum absolute atomic E-state index is 14.4. The lowest BCUT2D eigenvalue weighted by molar-refractivity contribution is -0.133. The summed E-state index contributed by atoms with van der Waals surface area (Å²) in [6, 6.07) is 11.5. The number of carbonyl (C=O) groups is 1. The minimum Gasteiger partial charge on any atom is -0.328 e. The van der Waals surface area contributed by atoms with Gasteiger partial charge in [0, 0.05) is 30.6 Å². The number of halogens is 1. The van der Waals surface area contributed by atoms with E-state index in [1.165, 1.54) is 11.1 Å². The number of carbonyl (C=O) groups excluding carboxylic acids is 1. The van der Waals surface area contributed by atoms with Gasteiger partial charge in [0.15, 0.2) is 0 Å². The molecule has 4 rings (SSSR count). The standard InChI is InChI=1S/C19H16FN5O/c20-15-6-2-1-5-14(15)18-11-17(16-7-3-4-8-22-16)23-25(18)19(26)12-24-10-9-21-13-24/h1-10,13,18H,11-12H2. The van der Waals surface area contributed by atoms with Crippen LogP contribution in [0, 0.1) is 5.82 Å². The van der Waals surface area contributed by atoms with E-state index >= 15 is 0 Å². The van der Waals surface area contributed by atoms with Crippen LogP contribution in [-0.2, 0) is 11.3 Å². The highest BCUT2D eigenvalue weighted by Crippen LogP contribution is 2.33. The molecule has 0 radical (unpaired) electrons. The summed E-state index contributed by atoms with van der Waals surface area (Å²) < 4.78 is 16.0. The Bertz CT molecular complexity index is 940. The SMILES string of the molecule is O=C(Cn1ccnc1)N1N=C(c2ccccn2)CC1c1ccccc1F. The van der Waals surface area contributed by atoms with Crippen LogP contribution in [-0.4, -0.2) is 31.2 Å². The zero-order chi connectivity index (χ0) is 17.9. The number of hydrogen-bond donors (Lipinski definition) is 0. The van der Waals surface area contributed by atoms with Crippen LogP contribution in [0.5, 0.6) is 0 Å². The maximum atomic E-state index is 14.4. The smallest absolute Gasteiger partial charge is 0.263 e. The molecule has 0 N–H and O–H groups in total. The molecule has 1 aromatic carbocycles. The Morgan fingerprint density at radius 1 is 1.15 bits per heavy atom. The highest BCUT2D eigenvalue weighted by atomic mass is 19.1. The van der Waals surface area contributed by atoms with E-state index in [1.807, 2.05) is 18.2 Å². The number of hydrogen-bond acceptors (Lipinski definition) is 4. The minimum absolute atomic E-state index is 0.0873. The summed E-state index contributed by atoms with van der Waals surface area (Å²) in [5, 5.41) is 5.84. The molecule has 0 saturated heterocycles. The van der Waals surface area contributed by atoms with Gasteiger partial charge in [0.25, 0.3) is 5.91 Å². The average molecular weight is 349 g/mol. The zero-order valence-corrected chi connectivity index (χ0v) is 13.9. The lowest BCUT2D eigenvalue weighted by Crippen LogP contribution is -2.30. The molecule has 7 heteroatoms. The molecule has 130 valence electrons. The first-order valence-corrected chi connectivity index (χ1v) is 8.23. The maximum Gasteiger partial charge on any atom is 0.263 e. The molecule has 0 spiro atoms. The van der Waals surface area contributed by atoms with Crippen molar-refractivity contribution in [2.24, 2.45) is 5.10 Å². The number of benzene rings is 1. The number of pyridine rings is 1. The molecule has 1 aliphatic rings. The first kappa shape index (κ1) is 16.1. The van der Waals surface area contributed by atoms with E-state index in [4.69, 9.17) is 0 Å². The number of imidazole rings is 1. The largest absolute Gasteiger partial charge is 0.328 e. The summed E-state index contributed by atoms with van der Waals surface area (Å²) in [6.45, 7) is 0.0873. The fourth-order valence-electron chi connectivity index (χ4n) is 3.02. The van der Waals surface area contributed by atoms with Crippen LogP contribution >= 0.6 is 0 Å². The summed E-state index contributed by atoms with van der Waals surface area (Å²) in [7, 11) is 0. The molecule has 3 heterocycles. The van der Waals surface area contributed by atoms with Crippen molar-refractivity contribution in [3.8, 4) is 0 Å². The third-order valence-electron chi connectivity index (χ3n) is 4.27. The van der Waals surface area contributed by atoms with Crippen molar-refractivity contribution >= 4 is 11.6 Å². The molecule has 0 bridgehead atoms. The van der Waals surface area contributed by atoms with Gasteiger partial charge < -0.3 is 4.57 Å². The van der Waals surface area contributed by atoms with E-state index in [-0.39, 0.29) is 18.3 Å². The van der Waals surface area contributed by atoms with E-state index in [2.05, 4.69) is 15.1 Å². The fourth-order valence-corrected chi connectivity index (χ4v) is 3.02. The minimum atomic E-state index is -0.496. The van der Waals surface area contributed by atoms with Crippen LogP contribution in [0.3, 0.4) is 0 Å². The van der Waals surface area contributed by atoms with Crippen molar-refractivity contribution in [3.05, 3.63) is 84.5 Å². The molecule has 6 nitrogen and oxygen atoms in total. The first-order chi connectivity index (χ1) is 12.7. The van der Waals surface area contributed by atoms with Crippen molar-refractivity contribution in [3.63, 3.8) is 0 Å². The first-order valence-electron chi connectivity index (χ1n) is 8.23. The Hall–Kier alpha value is -3.35. The Morgan fingerprint density at radius 2 is 2.00 bits per heavy atom. The van der Waals surface area contributed by atoms with Crippen LogP contribution in [0.1, 0.15) is 23.7 Å². The third-order valence-corrected chi connectivity index (χ3v) is 4.27. The van der Waals surface area contributed by atoms with Gasteiger partial charge in [0.2, 0.25) is 0 Å². The van der Waals surface area contributed by atoms with Gasteiger partial charge in [-0.2, -0.15) is 5.10 Å². The molecule has 0 saturated carbocycles. The van der Waals surface area contributed by atoms with E-state index in [1.54, 1.807) is 47.7 Å². The molecular formula is C19H16FN5O. The molecule has 2 aromatic heterocycles. The van der Waals surface area contributed by atoms with Crippen LogP contribution in [0.15, 0.2) is 72.5 Å². The predicted molar refractivity (Wildman–Crippen MR) is 93.6 cm³/mol. The lowest BCUT2D eigenvalue weighted by Gasteiger charge is -2.22. The quantitative estimate of drug-likeness (QED) is 0.728. The van der Waals surface area contributed by atoms with Gasteiger partial charge in [-0.1, -0.05) is 24.3 Å². The second kappa shape index (κ2) is 6.87. The van der Waals surface area contributed by atoms with E-state index in [0.29, 0.717) is 23.4 Å². The van der Waals surface area contributed by atoms with Crippen molar-refractivity contribution < 1.29 is 9.18 Å². The van der Waals surface area contributed by atoms with Crippen molar-refractivity contribution in [1.82, 2.24) is 19.5 Å². The molecule has 1 aliphatic heterocycles. The number of rotatable bonds is 4. The van der Waals surface area contributed by atoms with Crippen molar-refractivity contribution in [1.29, 1.82) is 0 Å². The fraction of sp³-hybridized carbons (Fsp3) is 0.158. The summed E-state index contributed by atoms with van der Waals surface area (Å²) in [6.07, 6.45) is 6.96. The van der Waals surface area contributed by atoms with Crippen LogP contribution in [0.4, 0.5) is 4.39 Å². The second-order valence-corrected chi connectivity index (χ2v) is 5.98. The highest BCUT2D eigenvalue weighted by molar-refractivity contribution is 6.01. The Labute approximate surface area is 149 Å². The van der Waals surface area contributed by atoms with Gasteiger partial charge in [-0.05, 0) is 18.2 Å². The van der Waals surface area contributed by atoms with Crippen LogP contribution < -0.4 is 0 Å². The Morgan fingerprint density at radius 3 is 2.73 bits per heavy atom. The number of nitrogens with zero attached hydrogens (tertiary/aromatic N) is 5.